The van der Waals surface area contributed by atoms with E-state index in [1.807, 2.05) is 13.8 Å². The van der Waals surface area contributed by atoms with Crippen molar-refractivity contribution in [3.05, 3.63) is 0 Å². The topological polar surface area (TPSA) is 104 Å². The lowest BCUT2D eigenvalue weighted by atomic mass is 10.2. The van der Waals surface area contributed by atoms with Crippen LogP contribution in [0.1, 0.15) is 39.5 Å². The molecule has 0 spiro atoms. The summed E-state index contributed by atoms with van der Waals surface area (Å²) < 4.78 is 4.30. The van der Waals surface area contributed by atoms with Crippen molar-refractivity contribution in [3.63, 3.8) is 0 Å². The lowest BCUT2D eigenvalue weighted by Crippen LogP contribution is -2.25. The van der Waals surface area contributed by atoms with Crippen molar-refractivity contribution in [2.75, 3.05) is 26.7 Å². The number of carbonyl (C=O) groups excluding carboxylic acids is 1. The van der Waals surface area contributed by atoms with Gasteiger partial charge in [-0.25, -0.2) is 0 Å². The molecule has 0 amide bonds. The van der Waals surface area contributed by atoms with E-state index in [4.69, 9.17) is 10.2 Å². The largest absolute Gasteiger partial charge is 0.481 e. The second-order valence-electron chi connectivity index (χ2n) is 3.99. The lowest BCUT2D eigenvalue weighted by molar-refractivity contribution is -0.141. The zero-order chi connectivity index (χ0) is 16.0. The van der Waals surface area contributed by atoms with Crippen LogP contribution in [-0.2, 0) is 19.1 Å². The molecule has 0 aromatic carbocycles. The Morgan fingerprint density at radius 3 is 1.76 bits per heavy atom. The van der Waals surface area contributed by atoms with E-state index in [0.29, 0.717) is 13.0 Å². The molecule has 126 valence electrons. The van der Waals surface area contributed by atoms with Gasteiger partial charge in [0.1, 0.15) is 0 Å². The van der Waals surface area contributed by atoms with E-state index in [1.54, 1.807) is 0 Å². The van der Waals surface area contributed by atoms with Gasteiger partial charge in [-0.3, -0.25) is 14.4 Å². The minimum Gasteiger partial charge on any atom is -0.481 e. The monoisotopic (exact) mass is 327 g/mol. The third kappa shape index (κ3) is 21.1. The van der Waals surface area contributed by atoms with Crippen LogP contribution in [0.25, 0.3) is 0 Å². The first-order valence-corrected chi connectivity index (χ1v) is 6.60. The third-order valence-electron chi connectivity index (χ3n) is 2.54. The zero-order valence-electron chi connectivity index (χ0n) is 12.8. The number of hydrogen-bond acceptors (Lipinski definition) is 5. The van der Waals surface area contributed by atoms with Crippen LogP contribution in [0.2, 0.25) is 0 Å². The molecule has 0 bridgehead atoms. The van der Waals surface area contributed by atoms with Gasteiger partial charge in [-0.1, -0.05) is 13.8 Å². The summed E-state index contributed by atoms with van der Waals surface area (Å²) >= 11 is 0. The van der Waals surface area contributed by atoms with Crippen LogP contribution in [0.3, 0.4) is 0 Å². The summed E-state index contributed by atoms with van der Waals surface area (Å²) in [5.41, 5.74) is 0. The Kier molecular flexibility index (Phi) is 19.6. The van der Waals surface area contributed by atoms with Crippen molar-refractivity contribution in [1.82, 2.24) is 4.90 Å². The van der Waals surface area contributed by atoms with E-state index in [1.165, 1.54) is 7.11 Å². The van der Waals surface area contributed by atoms with Crippen molar-refractivity contribution >= 4 is 30.3 Å². The van der Waals surface area contributed by atoms with Crippen LogP contribution in [0.5, 0.6) is 0 Å². The number of ether oxygens (including phenoxy) is 1. The Labute approximate surface area is 131 Å². The molecule has 0 atom stereocenters. The number of hydrogen-bond donors (Lipinski definition) is 2. The number of aliphatic carboxylic acids is 2. The Bertz CT molecular complexity index is 294. The molecular weight excluding hydrogens is 302 g/mol. The minimum atomic E-state index is -0.885. The number of rotatable bonds is 9. The van der Waals surface area contributed by atoms with Crippen LogP contribution in [0.4, 0.5) is 0 Å². The van der Waals surface area contributed by atoms with Crippen LogP contribution in [0, 0.1) is 0 Å². The molecule has 2 N–H and O–H groups in total. The Hall–Kier alpha value is -1.34. The predicted molar refractivity (Wildman–Crippen MR) is 80.8 cm³/mol. The number of carboxylic acid groups (broad SMARTS) is 2. The molecule has 0 radical (unpaired) electrons. The number of carbonyl (C=O) groups is 3. The highest BCUT2D eigenvalue weighted by Crippen LogP contribution is 1.96. The fraction of sp³-hybridized carbons (Fsp3) is 0.769. The summed E-state index contributed by atoms with van der Waals surface area (Å²) in [4.78, 5) is 32.5. The van der Waals surface area contributed by atoms with E-state index >= 15 is 0 Å². The van der Waals surface area contributed by atoms with E-state index in [0.717, 1.165) is 13.1 Å². The van der Waals surface area contributed by atoms with Gasteiger partial charge in [-0.15, -0.1) is 12.4 Å². The van der Waals surface area contributed by atoms with E-state index < -0.39 is 11.9 Å². The summed E-state index contributed by atoms with van der Waals surface area (Å²) in [6.07, 6.45) is 0.807. The smallest absolute Gasteiger partial charge is 0.305 e. The molecular formula is C13H26ClNO6. The van der Waals surface area contributed by atoms with Crippen molar-refractivity contribution in [2.24, 2.45) is 0 Å². The molecule has 0 heterocycles. The van der Waals surface area contributed by atoms with Gasteiger partial charge in [0.05, 0.1) is 13.5 Å². The first kappa shape index (κ1) is 24.7. The molecule has 0 aliphatic heterocycles. The summed E-state index contributed by atoms with van der Waals surface area (Å²) in [6.45, 7) is 6.60. The summed E-state index contributed by atoms with van der Waals surface area (Å²) in [5, 5.41) is 16.5. The summed E-state index contributed by atoms with van der Waals surface area (Å²) in [7, 11) is 1.28. The zero-order valence-corrected chi connectivity index (χ0v) is 13.6. The van der Waals surface area contributed by atoms with E-state index in [2.05, 4.69) is 9.64 Å². The Morgan fingerprint density at radius 2 is 1.43 bits per heavy atom. The maximum absolute atomic E-state index is 10.4. The average Bonchev–Trinajstić information content (AvgIpc) is 2.39. The number of carboxylic acids is 2. The molecule has 0 saturated carbocycles. The molecule has 7 nitrogen and oxygen atoms in total. The van der Waals surface area contributed by atoms with E-state index in [-0.39, 0.29) is 37.6 Å². The number of esters is 1. The summed E-state index contributed by atoms with van der Waals surface area (Å²) in [5.74, 6) is -1.96. The van der Waals surface area contributed by atoms with Crippen molar-refractivity contribution in [1.29, 1.82) is 0 Å². The highest BCUT2D eigenvalue weighted by atomic mass is 35.5. The first-order valence-electron chi connectivity index (χ1n) is 6.60. The van der Waals surface area contributed by atoms with Crippen molar-refractivity contribution in [3.8, 4) is 0 Å². The van der Waals surface area contributed by atoms with Crippen LogP contribution < -0.4 is 0 Å². The number of methoxy groups -OCH3 is 1. The molecule has 0 aromatic rings. The molecule has 0 fully saturated rings. The van der Waals surface area contributed by atoms with Gasteiger partial charge >= 0.3 is 17.9 Å². The quantitative estimate of drug-likeness (QED) is 0.620. The second kappa shape index (κ2) is 16.7. The SMILES string of the molecule is CCN(CC)CCC(=O)O.COC(=O)CCCC(=O)O.Cl. The second-order valence-corrected chi connectivity index (χ2v) is 3.99. The molecule has 8 heteroatoms. The molecule has 0 aliphatic rings. The molecule has 0 aliphatic carbocycles. The maximum Gasteiger partial charge on any atom is 0.305 e. The Balaban J connectivity index is -0.000000295. The number of nitrogens with zero attached hydrogens (tertiary/aromatic N) is 1. The first-order chi connectivity index (χ1) is 9.37. The lowest BCUT2D eigenvalue weighted by Gasteiger charge is -2.15. The minimum absolute atomic E-state index is 0. The predicted octanol–water partition coefficient (Wildman–Crippen LogP) is 1.64. The van der Waals surface area contributed by atoms with Gasteiger partial charge in [0, 0.05) is 19.4 Å². The van der Waals surface area contributed by atoms with Crippen LogP contribution >= 0.6 is 12.4 Å². The van der Waals surface area contributed by atoms with Gasteiger partial charge in [0.2, 0.25) is 0 Å². The van der Waals surface area contributed by atoms with Crippen LogP contribution in [-0.4, -0.2) is 59.8 Å². The summed E-state index contributed by atoms with van der Waals surface area (Å²) in [6, 6.07) is 0. The average molecular weight is 328 g/mol. The standard InChI is InChI=1S/C7H15NO2.C6H10O4.ClH/c1-3-8(4-2)6-5-7(9)10;1-10-6(9)4-2-3-5(7)8;/h3-6H2,1-2H3,(H,9,10);2-4H2,1H3,(H,7,8);1H. The van der Waals surface area contributed by atoms with E-state index in [9.17, 15) is 14.4 Å². The third-order valence-corrected chi connectivity index (χ3v) is 2.54. The highest BCUT2D eigenvalue weighted by molar-refractivity contribution is 5.85. The van der Waals surface area contributed by atoms with Crippen molar-refractivity contribution < 1.29 is 29.3 Å². The molecule has 0 rings (SSSR count). The fourth-order valence-corrected chi connectivity index (χ4v) is 1.28. The molecule has 0 aromatic heterocycles. The fourth-order valence-electron chi connectivity index (χ4n) is 1.28. The van der Waals surface area contributed by atoms with Crippen LogP contribution in [0.15, 0.2) is 0 Å². The molecule has 21 heavy (non-hydrogen) atoms. The maximum atomic E-state index is 10.4. The normalized spacial score (nSPS) is 9.14. The van der Waals surface area contributed by atoms with Gasteiger partial charge in [-0.2, -0.15) is 0 Å². The van der Waals surface area contributed by atoms with Crippen molar-refractivity contribution in [2.45, 2.75) is 39.5 Å². The highest BCUT2D eigenvalue weighted by Gasteiger charge is 2.02. The molecule has 0 unspecified atom stereocenters. The van der Waals surface area contributed by atoms with Gasteiger partial charge in [-0.05, 0) is 19.5 Å². The Morgan fingerprint density at radius 1 is 0.952 bits per heavy atom. The molecule has 0 saturated heterocycles. The van der Waals surface area contributed by atoms with Gasteiger partial charge in [0.25, 0.3) is 0 Å². The van der Waals surface area contributed by atoms with Gasteiger partial charge in [0.15, 0.2) is 0 Å². The number of halogens is 1. The van der Waals surface area contributed by atoms with Gasteiger partial charge < -0.3 is 19.8 Å².